The standard InChI is InChI=1S/C14H24N4O3/c1-15-14(11-18(19)20)16-9-5-4-6-12-7-8-13(21-12)10-17(2)3/h7-8,11,15-16H,4-6,9-10H2,1-3H3/b14-11-. The quantitative estimate of drug-likeness (QED) is 0.387. The Morgan fingerprint density at radius 1 is 1.38 bits per heavy atom. The second-order valence-corrected chi connectivity index (χ2v) is 5.07. The zero-order chi connectivity index (χ0) is 15.7. The normalized spacial score (nSPS) is 11.7. The molecule has 0 aliphatic heterocycles. The molecule has 7 nitrogen and oxygen atoms in total. The van der Waals surface area contributed by atoms with Crippen LogP contribution in [0.3, 0.4) is 0 Å². The number of furan rings is 1. The van der Waals surface area contributed by atoms with Crippen molar-refractivity contribution < 1.29 is 9.34 Å². The summed E-state index contributed by atoms with van der Waals surface area (Å²) in [6.45, 7) is 1.49. The summed E-state index contributed by atoms with van der Waals surface area (Å²) in [6, 6.07) is 4.02. The first-order chi connectivity index (χ1) is 10.0. The molecule has 118 valence electrons. The molecule has 0 atom stereocenters. The number of nitro groups is 1. The van der Waals surface area contributed by atoms with Crippen LogP contribution in [0.15, 0.2) is 28.6 Å². The molecule has 0 aliphatic carbocycles. The van der Waals surface area contributed by atoms with Crippen LogP contribution in [0.1, 0.15) is 24.4 Å². The van der Waals surface area contributed by atoms with E-state index >= 15 is 0 Å². The lowest BCUT2D eigenvalue weighted by atomic mass is 10.2. The van der Waals surface area contributed by atoms with Gasteiger partial charge in [-0.2, -0.15) is 0 Å². The third kappa shape index (κ3) is 7.36. The molecule has 0 amide bonds. The number of nitrogens with zero attached hydrogens (tertiary/aromatic N) is 2. The maximum atomic E-state index is 10.4. The van der Waals surface area contributed by atoms with Gasteiger partial charge in [-0.1, -0.05) is 0 Å². The first-order valence-corrected chi connectivity index (χ1v) is 7.00. The van der Waals surface area contributed by atoms with Crippen LogP contribution in [0.4, 0.5) is 0 Å². The summed E-state index contributed by atoms with van der Waals surface area (Å²) >= 11 is 0. The topological polar surface area (TPSA) is 83.6 Å². The number of rotatable bonds is 10. The SMILES string of the molecule is CN/C(=C/[N+](=O)[O-])NCCCCc1ccc(CN(C)C)o1. The molecule has 1 heterocycles. The largest absolute Gasteiger partial charge is 0.465 e. The van der Waals surface area contributed by atoms with Gasteiger partial charge in [-0.3, -0.25) is 10.1 Å². The summed E-state index contributed by atoms with van der Waals surface area (Å²) in [7, 11) is 5.66. The predicted molar refractivity (Wildman–Crippen MR) is 81.2 cm³/mol. The lowest BCUT2D eigenvalue weighted by Crippen LogP contribution is -2.25. The first-order valence-electron chi connectivity index (χ1n) is 7.00. The fourth-order valence-corrected chi connectivity index (χ4v) is 1.90. The summed E-state index contributed by atoms with van der Waals surface area (Å²) < 4.78 is 5.72. The van der Waals surface area contributed by atoms with Gasteiger partial charge in [0, 0.05) is 20.0 Å². The summed E-state index contributed by atoms with van der Waals surface area (Å²) in [6.07, 6.45) is 3.70. The maximum Gasteiger partial charge on any atom is 0.274 e. The fraction of sp³-hybridized carbons (Fsp3) is 0.571. The summed E-state index contributed by atoms with van der Waals surface area (Å²) in [5.41, 5.74) is 0. The van der Waals surface area contributed by atoms with E-state index in [1.807, 2.05) is 26.2 Å². The highest BCUT2D eigenvalue weighted by Crippen LogP contribution is 2.12. The molecule has 1 rings (SSSR count). The third-order valence-electron chi connectivity index (χ3n) is 2.86. The molecule has 0 unspecified atom stereocenters. The molecule has 0 spiro atoms. The molecule has 1 aromatic heterocycles. The van der Waals surface area contributed by atoms with E-state index < -0.39 is 4.92 Å². The van der Waals surface area contributed by atoms with Gasteiger partial charge in [0.05, 0.1) is 11.5 Å². The summed E-state index contributed by atoms with van der Waals surface area (Å²) in [4.78, 5) is 11.9. The molecule has 2 N–H and O–H groups in total. The van der Waals surface area contributed by atoms with Gasteiger partial charge < -0.3 is 20.0 Å². The molecule has 0 saturated heterocycles. The molecule has 0 aromatic carbocycles. The van der Waals surface area contributed by atoms with E-state index in [9.17, 15) is 10.1 Å². The molecule has 21 heavy (non-hydrogen) atoms. The van der Waals surface area contributed by atoms with Crippen LogP contribution in [0.5, 0.6) is 0 Å². The van der Waals surface area contributed by atoms with E-state index in [2.05, 4.69) is 15.5 Å². The van der Waals surface area contributed by atoms with Crippen LogP contribution in [0.2, 0.25) is 0 Å². The van der Waals surface area contributed by atoms with Crippen molar-refractivity contribution in [3.8, 4) is 0 Å². The number of nitrogens with one attached hydrogen (secondary N) is 2. The second-order valence-electron chi connectivity index (χ2n) is 5.07. The zero-order valence-corrected chi connectivity index (χ0v) is 12.9. The van der Waals surface area contributed by atoms with E-state index in [4.69, 9.17) is 4.42 Å². The molecular formula is C14H24N4O3. The van der Waals surface area contributed by atoms with Crippen LogP contribution < -0.4 is 10.6 Å². The van der Waals surface area contributed by atoms with Gasteiger partial charge in [0.2, 0.25) is 0 Å². The Balaban J connectivity index is 2.22. The van der Waals surface area contributed by atoms with Gasteiger partial charge in [0.25, 0.3) is 6.20 Å². The van der Waals surface area contributed by atoms with Crippen LogP contribution >= 0.6 is 0 Å². The molecule has 0 saturated carbocycles. The minimum Gasteiger partial charge on any atom is -0.465 e. The Morgan fingerprint density at radius 2 is 2.10 bits per heavy atom. The van der Waals surface area contributed by atoms with Crippen molar-refractivity contribution in [1.29, 1.82) is 0 Å². The highest BCUT2D eigenvalue weighted by atomic mass is 16.6. The van der Waals surface area contributed by atoms with Gasteiger partial charge in [0.1, 0.15) is 11.5 Å². The van der Waals surface area contributed by atoms with E-state index in [1.165, 1.54) is 0 Å². The molecule has 1 aromatic rings. The maximum absolute atomic E-state index is 10.4. The zero-order valence-electron chi connectivity index (χ0n) is 12.9. The Bertz CT molecular complexity index is 469. The van der Waals surface area contributed by atoms with Crippen molar-refractivity contribution in [2.24, 2.45) is 0 Å². The van der Waals surface area contributed by atoms with E-state index in [0.29, 0.717) is 12.4 Å². The lowest BCUT2D eigenvalue weighted by Gasteiger charge is -2.07. The first kappa shape index (κ1) is 17.0. The Morgan fingerprint density at radius 3 is 2.71 bits per heavy atom. The Kier molecular flexibility index (Phi) is 7.31. The highest BCUT2D eigenvalue weighted by molar-refractivity contribution is 5.07. The Hall–Kier alpha value is -2.02. The lowest BCUT2D eigenvalue weighted by molar-refractivity contribution is -0.404. The smallest absolute Gasteiger partial charge is 0.274 e. The third-order valence-corrected chi connectivity index (χ3v) is 2.86. The van der Waals surface area contributed by atoms with Gasteiger partial charge >= 0.3 is 0 Å². The van der Waals surface area contributed by atoms with E-state index in [0.717, 1.165) is 43.5 Å². The van der Waals surface area contributed by atoms with Crippen molar-refractivity contribution in [1.82, 2.24) is 15.5 Å². The molecule has 0 bridgehead atoms. The summed E-state index contributed by atoms with van der Waals surface area (Å²) in [5.74, 6) is 2.38. The number of aryl methyl sites for hydroxylation is 1. The number of hydrogen-bond donors (Lipinski definition) is 2. The van der Waals surface area contributed by atoms with Crippen molar-refractivity contribution in [2.45, 2.75) is 25.8 Å². The van der Waals surface area contributed by atoms with Crippen LogP contribution in [-0.2, 0) is 13.0 Å². The van der Waals surface area contributed by atoms with Crippen LogP contribution in [-0.4, -0.2) is 37.5 Å². The fourth-order valence-electron chi connectivity index (χ4n) is 1.90. The van der Waals surface area contributed by atoms with Gasteiger partial charge in [0.15, 0.2) is 5.82 Å². The average molecular weight is 296 g/mol. The minimum atomic E-state index is -0.478. The predicted octanol–water partition coefficient (Wildman–Crippen LogP) is 1.55. The molecule has 0 radical (unpaired) electrons. The van der Waals surface area contributed by atoms with Gasteiger partial charge in [-0.25, -0.2) is 0 Å². The molecule has 0 fully saturated rings. The number of hydrogen-bond acceptors (Lipinski definition) is 6. The van der Waals surface area contributed by atoms with Crippen molar-refractivity contribution in [3.63, 3.8) is 0 Å². The molecule has 0 aliphatic rings. The van der Waals surface area contributed by atoms with E-state index in [1.54, 1.807) is 7.05 Å². The summed E-state index contributed by atoms with van der Waals surface area (Å²) in [5, 5.41) is 16.1. The van der Waals surface area contributed by atoms with E-state index in [-0.39, 0.29) is 0 Å². The monoisotopic (exact) mass is 296 g/mol. The van der Waals surface area contributed by atoms with Gasteiger partial charge in [-0.05, 0) is 39.1 Å². The molecular weight excluding hydrogens is 272 g/mol. The Labute approximate surface area is 125 Å². The second kappa shape index (κ2) is 9.02. The van der Waals surface area contributed by atoms with Crippen molar-refractivity contribution in [3.05, 3.63) is 45.8 Å². The van der Waals surface area contributed by atoms with Crippen molar-refractivity contribution >= 4 is 0 Å². The average Bonchev–Trinajstić information content (AvgIpc) is 2.83. The molecule has 7 heteroatoms. The minimum absolute atomic E-state index is 0.422. The van der Waals surface area contributed by atoms with Gasteiger partial charge in [-0.15, -0.1) is 0 Å². The number of unbranched alkanes of at least 4 members (excludes halogenated alkanes) is 1. The van der Waals surface area contributed by atoms with Crippen LogP contribution in [0.25, 0.3) is 0 Å². The van der Waals surface area contributed by atoms with Crippen molar-refractivity contribution in [2.75, 3.05) is 27.7 Å². The van der Waals surface area contributed by atoms with Crippen LogP contribution in [0, 0.1) is 10.1 Å². The highest BCUT2D eigenvalue weighted by Gasteiger charge is 2.03.